The van der Waals surface area contributed by atoms with Crippen LogP contribution in [0.1, 0.15) is 54.3 Å². The van der Waals surface area contributed by atoms with E-state index in [1.807, 2.05) is 6.92 Å². The van der Waals surface area contributed by atoms with Crippen LogP contribution in [0.3, 0.4) is 0 Å². The molecule has 132 valence electrons. The summed E-state index contributed by atoms with van der Waals surface area (Å²) in [5.74, 6) is -3.44. The lowest BCUT2D eigenvalue weighted by molar-refractivity contribution is -0.313. The zero-order valence-electron chi connectivity index (χ0n) is 13.9. The highest BCUT2D eigenvalue weighted by molar-refractivity contribution is 7.16. The average Bonchev–Trinajstić information content (AvgIpc) is 2.96. The van der Waals surface area contributed by atoms with Gasteiger partial charge in [0.15, 0.2) is 0 Å². The number of esters is 1. The Balaban J connectivity index is 2.20. The van der Waals surface area contributed by atoms with Crippen LogP contribution in [0.15, 0.2) is 6.07 Å². The van der Waals surface area contributed by atoms with Crippen LogP contribution in [0.4, 0.5) is 5.00 Å². The van der Waals surface area contributed by atoms with Gasteiger partial charge in [-0.25, -0.2) is 4.79 Å². The van der Waals surface area contributed by atoms with E-state index in [4.69, 9.17) is 4.74 Å². The van der Waals surface area contributed by atoms with Gasteiger partial charge in [0.1, 0.15) is 5.00 Å². The molecule has 1 aliphatic rings. The van der Waals surface area contributed by atoms with Gasteiger partial charge in [0.2, 0.25) is 5.91 Å². The molecule has 1 aromatic heterocycles. The Morgan fingerprint density at radius 2 is 1.96 bits per heavy atom. The molecule has 1 fully saturated rings. The summed E-state index contributed by atoms with van der Waals surface area (Å²) >= 11 is 1.33. The third kappa shape index (κ3) is 4.14. The third-order valence-electron chi connectivity index (χ3n) is 4.33. The largest absolute Gasteiger partial charge is 0.550 e. The van der Waals surface area contributed by atoms with Crippen molar-refractivity contribution >= 4 is 34.2 Å². The maximum absolute atomic E-state index is 12.6. The monoisotopic (exact) mass is 352 g/mol. The molecule has 2 atom stereocenters. The van der Waals surface area contributed by atoms with Crippen molar-refractivity contribution in [2.24, 2.45) is 11.8 Å². The number of thiophene rings is 1. The summed E-state index contributed by atoms with van der Waals surface area (Å²) in [6.07, 6.45) is 4.30. The Kier molecular flexibility index (Phi) is 6.36. The molecule has 24 heavy (non-hydrogen) atoms. The molecule has 1 aromatic rings. The van der Waals surface area contributed by atoms with Gasteiger partial charge in [0, 0.05) is 22.7 Å². The number of aliphatic carboxylic acids is 1. The number of anilines is 1. The number of amides is 1. The predicted octanol–water partition coefficient (Wildman–Crippen LogP) is 1.98. The van der Waals surface area contributed by atoms with Gasteiger partial charge >= 0.3 is 5.97 Å². The van der Waals surface area contributed by atoms with Gasteiger partial charge in [-0.05, 0) is 25.3 Å². The first kappa shape index (κ1) is 18.4. The molecule has 2 unspecified atom stereocenters. The molecule has 1 heterocycles. The van der Waals surface area contributed by atoms with Crippen molar-refractivity contribution in [1.82, 2.24) is 0 Å². The van der Waals surface area contributed by atoms with Crippen molar-refractivity contribution < 1.29 is 24.2 Å². The second kappa shape index (κ2) is 8.28. The van der Waals surface area contributed by atoms with Crippen molar-refractivity contribution in [3.05, 3.63) is 16.5 Å². The number of hydrogen-bond acceptors (Lipinski definition) is 6. The second-order valence-corrected chi connectivity index (χ2v) is 7.14. The number of carboxylic acids is 1. The van der Waals surface area contributed by atoms with E-state index in [2.05, 4.69) is 5.32 Å². The zero-order valence-corrected chi connectivity index (χ0v) is 14.7. The van der Waals surface area contributed by atoms with E-state index in [-0.39, 0.29) is 5.91 Å². The Bertz CT molecular complexity index is 624. The fourth-order valence-corrected chi connectivity index (χ4v) is 4.25. The summed E-state index contributed by atoms with van der Waals surface area (Å²) in [5, 5.41) is 14.4. The van der Waals surface area contributed by atoms with Crippen LogP contribution < -0.4 is 10.4 Å². The SMILES string of the molecule is CCCc1cc(C(=O)OC)c(NC(=O)C2CCCCC2C(=O)[O-])s1. The number of hydrogen-bond donors (Lipinski definition) is 1. The molecule has 0 saturated heterocycles. The van der Waals surface area contributed by atoms with Gasteiger partial charge in [0.05, 0.1) is 12.7 Å². The summed E-state index contributed by atoms with van der Waals surface area (Å²) < 4.78 is 4.77. The molecule has 2 rings (SSSR count). The lowest BCUT2D eigenvalue weighted by atomic mass is 9.79. The summed E-state index contributed by atoms with van der Waals surface area (Å²) in [5.41, 5.74) is 0.320. The molecule has 6 nitrogen and oxygen atoms in total. The molecule has 0 spiro atoms. The first-order valence-corrected chi connectivity index (χ1v) is 9.02. The number of methoxy groups -OCH3 is 1. The molecule has 1 N–H and O–H groups in total. The van der Waals surface area contributed by atoms with E-state index in [1.165, 1.54) is 18.4 Å². The number of carbonyl (C=O) groups is 3. The van der Waals surface area contributed by atoms with Crippen molar-refractivity contribution in [3.63, 3.8) is 0 Å². The van der Waals surface area contributed by atoms with Crippen molar-refractivity contribution in [2.45, 2.75) is 45.4 Å². The molecule has 0 bridgehead atoms. The molecule has 7 heteroatoms. The van der Waals surface area contributed by atoms with Crippen LogP contribution in [-0.2, 0) is 20.7 Å². The topological polar surface area (TPSA) is 95.5 Å². The number of ether oxygens (including phenoxy) is 1. The lowest BCUT2D eigenvalue weighted by Gasteiger charge is -2.31. The summed E-state index contributed by atoms with van der Waals surface area (Å²) in [4.78, 5) is 36.7. The Morgan fingerprint density at radius 3 is 2.54 bits per heavy atom. The lowest BCUT2D eigenvalue weighted by Crippen LogP contribution is -2.42. The van der Waals surface area contributed by atoms with Crippen LogP contribution in [0.5, 0.6) is 0 Å². The van der Waals surface area contributed by atoms with E-state index in [1.54, 1.807) is 6.07 Å². The van der Waals surface area contributed by atoms with Crippen LogP contribution in [0.2, 0.25) is 0 Å². The Morgan fingerprint density at radius 1 is 1.29 bits per heavy atom. The molecule has 1 saturated carbocycles. The number of nitrogens with one attached hydrogen (secondary N) is 1. The minimum atomic E-state index is -1.18. The summed E-state index contributed by atoms with van der Waals surface area (Å²) in [6, 6.07) is 1.73. The average molecular weight is 352 g/mol. The first-order chi connectivity index (χ1) is 11.5. The van der Waals surface area contributed by atoms with Gasteiger partial charge in [0.25, 0.3) is 0 Å². The first-order valence-electron chi connectivity index (χ1n) is 8.20. The number of rotatable bonds is 6. The smallest absolute Gasteiger partial charge is 0.340 e. The Labute approximate surface area is 145 Å². The predicted molar refractivity (Wildman–Crippen MR) is 88.7 cm³/mol. The highest BCUT2D eigenvalue weighted by Gasteiger charge is 2.32. The van der Waals surface area contributed by atoms with Crippen LogP contribution in [0.25, 0.3) is 0 Å². The van der Waals surface area contributed by atoms with Gasteiger partial charge in [-0.2, -0.15) is 0 Å². The number of carboxylic acid groups (broad SMARTS) is 1. The molecule has 1 aliphatic carbocycles. The van der Waals surface area contributed by atoms with E-state index < -0.39 is 23.8 Å². The maximum atomic E-state index is 12.6. The molecule has 0 aliphatic heterocycles. The van der Waals surface area contributed by atoms with Crippen molar-refractivity contribution in [2.75, 3.05) is 12.4 Å². The van der Waals surface area contributed by atoms with Gasteiger partial charge in [-0.1, -0.05) is 26.2 Å². The van der Waals surface area contributed by atoms with E-state index >= 15 is 0 Å². The maximum Gasteiger partial charge on any atom is 0.340 e. The highest BCUT2D eigenvalue weighted by atomic mass is 32.1. The van der Waals surface area contributed by atoms with E-state index in [0.717, 1.165) is 30.6 Å². The van der Waals surface area contributed by atoms with Crippen LogP contribution in [0, 0.1) is 11.8 Å². The molecular weight excluding hydrogens is 330 g/mol. The van der Waals surface area contributed by atoms with Gasteiger partial charge in [-0.3, -0.25) is 4.79 Å². The normalized spacial score (nSPS) is 20.4. The standard InChI is InChI=1S/C17H23NO5S/c1-3-6-10-9-13(17(22)23-2)15(24-10)18-14(19)11-7-4-5-8-12(11)16(20)21/h9,11-12H,3-8H2,1-2H3,(H,18,19)(H,20,21)/p-1. The molecule has 0 aromatic carbocycles. The molecule has 0 radical (unpaired) electrons. The van der Waals surface area contributed by atoms with Crippen LogP contribution in [-0.4, -0.2) is 25.0 Å². The minimum Gasteiger partial charge on any atom is -0.550 e. The van der Waals surface area contributed by atoms with Crippen molar-refractivity contribution in [1.29, 1.82) is 0 Å². The zero-order chi connectivity index (χ0) is 17.7. The quantitative estimate of drug-likeness (QED) is 0.790. The fourth-order valence-electron chi connectivity index (χ4n) is 3.10. The third-order valence-corrected chi connectivity index (χ3v) is 5.44. The summed E-state index contributed by atoms with van der Waals surface area (Å²) in [7, 11) is 1.29. The van der Waals surface area contributed by atoms with Crippen molar-refractivity contribution in [3.8, 4) is 0 Å². The van der Waals surface area contributed by atoms with E-state index in [9.17, 15) is 19.5 Å². The Hall–Kier alpha value is -1.89. The minimum absolute atomic E-state index is 0.320. The highest BCUT2D eigenvalue weighted by Crippen LogP contribution is 2.34. The van der Waals surface area contributed by atoms with Gasteiger partial charge in [-0.15, -0.1) is 11.3 Å². The summed E-state index contributed by atoms with van der Waals surface area (Å²) in [6.45, 7) is 2.03. The van der Waals surface area contributed by atoms with Gasteiger partial charge < -0.3 is 20.0 Å². The number of carbonyl (C=O) groups excluding carboxylic acids is 3. The molecular formula is C17H22NO5S-. The second-order valence-electron chi connectivity index (χ2n) is 6.00. The van der Waals surface area contributed by atoms with E-state index in [0.29, 0.717) is 23.4 Å². The fraction of sp³-hybridized carbons (Fsp3) is 0.588. The number of aryl methyl sites for hydroxylation is 1. The molecule has 1 amide bonds. The van der Waals surface area contributed by atoms with Crippen LogP contribution >= 0.6 is 11.3 Å².